The van der Waals surface area contributed by atoms with Gasteiger partial charge in [-0.15, -0.1) is 11.8 Å². The summed E-state index contributed by atoms with van der Waals surface area (Å²) >= 11 is 0. The van der Waals surface area contributed by atoms with Crippen molar-refractivity contribution in [2.75, 3.05) is 13.7 Å². The Morgan fingerprint density at radius 1 is 1.34 bits per heavy atom. The van der Waals surface area contributed by atoms with Gasteiger partial charge < -0.3 is 14.7 Å². The van der Waals surface area contributed by atoms with Crippen LogP contribution in [0.3, 0.4) is 0 Å². The van der Waals surface area contributed by atoms with Crippen LogP contribution in [0.25, 0.3) is 0 Å². The van der Waals surface area contributed by atoms with Gasteiger partial charge in [0.1, 0.15) is 0 Å². The van der Waals surface area contributed by atoms with Gasteiger partial charge >= 0.3 is 11.9 Å². The second-order valence-electron chi connectivity index (χ2n) is 7.48. The fourth-order valence-corrected chi connectivity index (χ4v) is 3.18. The van der Waals surface area contributed by atoms with E-state index < -0.39 is 30.4 Å². The number of nitrogens with zero attached hydrogens (tertiary/aromatic N) is 1. The van der Waals surface area contributed by atoms with E-state index in [2.05, 4.69) is 16.6 Å². The van der Waals surface area contributed by atoms with Gasteiger partial charge in [-0.3, -0.25) is 9.59 Å². The molecular weight excluding hydrogens is 380 g/mol. The highest BCUT2D eigenvalue weighted by molar-refractivity contribution is 5.86. The van der Waals surface area contributed by atoms with E-state index in [1.54, 1.807) is 0 Å². The smallest absolute Gasteiger partial charge is 0.327 e. The van der Waals surface area contributed by atoms with Crippen molar-refractivity contribution < 1.29 is 28.2 Å². The lowest BCUT2D eigenvalue weighted by Crippen LogP contribution is -2.36. The number of aliphatic hydroxyl groups excluding tert-OH is 1. The lowest BCUT2D eigenvalue weighted by atomic mass is 9.99. The van der Waals surface area contributed by atoms with Crippen LogP contribution < -0.4 is 0 Å². The maximum absolute atomic E-state index is 13.9. The minimum absolute atomic E-state index is 0.119. The van der Waals surface area contributed by atoms with Gasteiger partial charge in [0.15, 0.2) is 0 Å². The standard InChI is InChI=1S/C22H33F2NO4/c1-4-5-8-11-17(2)19(26)14-13-18-16-22(23,24)21(28)25(18)15-10-7-6-9-12-20(27)29-3/h13-14,17-19,26H,4,6-7,9-12,15-16H2,1-3H3/b14-13+/t17-,18+,19-/m1/s1. The zero-order chi connectivity index (χ0) is 21.9. The fourth-order valence-electron chi connectivity index (χ4n) is 3.18. The average Bonchev–Trinajstić information content (AvgIpc) is 2.91. The number of methoxy groups -OCH3 is 1. The Morgan fingerprint density at radius 2 is 2.03 bits per heavy atom. The highest BCUT2D eigenvalue weighted by Gasteiger charge is 2.52. The molecule has 1 aliphatic heterocycles. The minimum atomic E-state index is -3.37. The summed E-state index contributed by atoms with van der Waals surface area (Å²) in [5.74, 6) is 0.998. The number of carbonyl (C=O) groups excluding carboxylic acids is 2. The summed E-state index contributed by atoms with van der Waals surface area (Å²) in [5.41, 5.74) is 0. The number of ether oxygens (including phenoxy) is 1. The third-order valence-corrected chi connectivity index (χ3v) is 5.04. The number of hydrogen-bond donors (Lipinski definition) is 1. The molecule has 1 rings (SSSR count). The van der Waals surface area contributed by atoms with Crippen molar-refractivity contribution in [2.45, 2.75) is 83.3 Å². The molecule has 1 amide bonds. The first-order chi connectivity index (χ1) is 13.7. The SMILES string of the molecule is CCC#CC[C@@H](C)[C@H](O)/C=C/[C@H]1CC(F)(F)C(=O)N1CCCCCCC(=O)OC. The number of unbranched alkanes of at least 4 members (excludes halogenated alkanes) is 3. The van der Waals surface area contributed by atoms with Crippen molar-refractivity contribution in [1.82, 2.24) is 4.90 Å². The third kappa shape index (κ3) is 8.53. The summed E-state index contributed by atoms with van der Waals surface area (Å²) in [6.07, 6.45) is 6.01. The van der Waals surface area contributed by atoms with Crippen LogP contribution in [0.5, 0.6) is 0 Å². The molecule has 5 nitrogen and oxygen atoms in total. The van der Waals surface area contributed by atoms with Crippen molar-refractivity contribution in [3.8, 4) is 11.8 Å². The van der Waals surface area contributed by atoms with Crippen molar-refractivity contribution in [1.29, 1.82) is 0 Å². The predicted octanol–water partition coefficient (Wildman–Crippen LogP) is 3.70. The van der Waals surface area contributed by atoms with Crippen LogP contribution in [0.1, 0.15) is 65.2 Å². The van der Waals surface area contributed by atoms with Crippen molar-refractivity contribution in [3.05, 3.63) is 12.2 Å². The number of esters is 1. The Morgan fingerprint density at radius 3 is 2.69 bits per heavy atom. The van der Waals surface area contributed by atoms with Gasteiger partial charge in [0, 0.05) is 32.2 Å². The first-order valence-corrected chi connectivity index (χ1v) is 10.3. The summed E-state index contributed by atoms with van der Waals surface area (Å²) in [7, 11) is 1.34. The largest absolute Gasteiger partial charge is 0.469 e. The molecule has 0 bridgehead atoms. The average molecular weight is 414 g/mol. The highest BCUT2D eigenvalue weighted by atomic mass is 19.3. The molecule has 1 saturated heterocycles. The molecule has 0 aliphatic carbocycles. The Hall–Kier alpha value is -1.94. The highest BCUT2D eigenvalue weighted by Crippen LogP contribution is 2.34. The Kier molecular flexibility index (Phi) is 10.9. The van der Waals surface area contributed by atoms with Crippen LogP contribution in [0, 0.1) is 17.8 Å². The number of hydrogen-bond acceptors (Lipinski definition) is 4. The third-order valence-electron chi connectivity index (χ3n) is 5.04. The lowest BCUT2D eigenvalue weighted by molar-refractivity contribution is -0.148. The fraction of sp³-hybridized carbons (Fsp3) is 0.727. The topological polar surface area (TPSA) is 66.8 Å². The van der Waals surface area contributed by atoms with Crippen LogP contribution in [0.15, 0.2) is 12.2 Å². The summed E-state index contributed by atoms with van der Waals surface area (Å²) in [4.78, 5) is 24.3. The van der Waals surface area contributed by atoms with Crippen molar-refractivity contribution in [3.63, 3.8) is 0 Å². The maximum Gasteiger partial charge on any atom is 0.327 e. The molecule has 7 heteroatoms. The van der Waals surface area contributed by atoms with Gasteiger partial charge in [-0.05, 0) is 18.8 Å². The summed E-state index contributed by atoms with van der Waals surface area (Å²) in [5, 5.41) is 10.2. The predicted molar refractivity (Wildman–Crippen MR) is 107 cm³/mol. The number of rotatable bonds is 11. The number of carbonyl (C=O) groups is 2. The molecule has 0 aromatic carbocycles. The van der Waals surface area contributed by atoms with E-state index in [0.717, 1.165) is 19.3 Å². The molecule has 0 aromatic heterocycles. The van der Waals surface area contributed by atoms with Gasteiger partial charge in [-0.1, -0.05) is 38.8 Å². The van der Waals surface area contributed by atoms with Gasteiger partial charge in [-0.25, -0.2) is 0 Å². The number of amides is 1. The lowest BCUT2D eigenvalue weighted by Gasteiger charge is -2.22. The van der Waals surface area contributed by atoms with E-state index in [0.29, 0.717) is 25.7 Å². The molecule has 0 unspecified atom stereocenters. The van der Waals surface area contributed by atoms with E-state index in [9.17, 15) is 23.5 Å². The van der Waals surface area contributed by atoms with Crippen LogP contribution in [0.4, 0.5) is 8.78 Å². The zero-order valence-corrected chi connectivity index (χ0v) is 17.6. The van der Waals surface area contributed by atoms with E-state index in [-0.39, 0.29) is 18.4 Å². The molecular formula is C22H33F2NO4. The van der Waals surface area contributed by atoms with Crippen LogP contribution in [-0.2, 0) is 14.3 Å². The normalized spacial score (nSPS) is 20.4. The summed E-state index contributed by atoms with van der Waals surface area (Å²) in [6, 6.07) is -0.726. The van der Waals surface area contributed by atoms with Gasteiger partial charge in [0.05, 0.1) is 19.3 Å². The maximum atomic E-state index is 13.9. The molecule has 0 aromatic rings. The van der Waals surface area contributed by atoms with Crippen LogP contribution in [0.2, 0.25) is 0 Å². The number of aliphatic hydroxyl groups is 1. The molecule has 1 aliphatic rings. The quantitative estimate of drug-likeness (QED) is 0.243. The molecule has 0 spiro atoms. The Bertz CT molecular complexity index is 624. The molecule has 0 radical (unpaired) electrons. The zero-order valence-electron chi connectivity index (χ0n) is 17.6. The van der Waals surface area contributed by atoms with E-state index >= 15 is 0 Å². The van der Waals surface area contributed by atoms with Crippen molar-refractivity contribution in [2.24, 2.45) is 5.92 Å². The Labute approximate surface area is 172 Å². The second-order valence-corrected chi connectivity index (χ2v) is 7.48. The molecule has 0 saturated carbocycles. The van der Waals surface area contributed by atoms with E-state index in [1.165, 1.54) is 24.2 Å². The number of halogens is 2. The van der Waals surface area contributed by atoms with Gasteiger partial charge in [0.25, 0.3) is 5.91 Å². The molecule has 29 heavy (non-hydrogen) atoms. The second kappa shape index (κ2) is 12.6. The molecule has 164 valence electrons. The van der Waals surface area contributed by atoms with Gasteiger partial charge in [0.2, 0.25) is 0 Å². The Balaban J connectivity index is 2.56. The number of likely N-dealkylation sites (tertiary alicyclic amines) is 1. The number of alkyl halides is 2. The van der Waals surface area contributed by atoms with Gasteiger partial charge in [-0.2, -0.15) is 8.78 Å². The van der Waals surface area contributed by atoms with Crippen LogP contribution in [-0.4, -0.2) is 53.6 Å². The molecule has 1 heterocycles. The molecule has 1 fully saturated rings. The monoisotopic (exact) mass is 413 g/mol. The van der Waals surface area contributed by atoms with Crippen molar-refractivity contribution >= 4 is 11.9 Å². The molecule has 3 atom stereocenters. The first-order valence-electron chi connectivity index (χ1n) is 10.3. The minimum Gasteiger partial charge on any atom is -0.469 e. The summed E-state index contributed by atoms with van der Waals surface area (Å²) in [6.45, 7) is 4.02. The first kappa shape index (κ1) is 25.1. The summed E-state index contributed by atoms with van der Waals surface area (Å²) < 4.78 is 32.4. The van der Waals surface area contributed by atoms with E-state index in [1.807, 2.05) is 13.8 Å². The molecule has 1 N–H and O–H groups in total. The van der Waals surface area contributed by atoms with E-state index in [4.69, 9.17) is 0 Å². The van der Waals surface area contributed by atoms with Crippen LogP contribution >= 0.6 is 0 Å².